The minimum atomic E-state index is -4.38. The fraction of sp³-hybridized carbons (Fsp3) is 0.368. The second-order valence-corrected chi connectivity index (χ2v) is 13.9. The molecular weight excluding hydrogens is 599 g/mol. The normalized spacial score (nSPS) is 11.4. The van der Waals surface area contributed by atoms with Crippen molar-refractivity contribution in [2.45, 2.75) is 54.8 Å². The van der Waals surface area contributed by atoms with Gasteiger partial charge in [0.25, 0.3) is 0 Å². The van der Waals surface area contributed by atoms with E-state index in [1.807, 2.05) is 53.7 Å². The SMILES string of the molecule is C=CCOCCOCc1c(C)cc(C)c(C(=O)P(=O)(C(=O)c2c(C)cc(C)c(COCCOCC=C)c2C)c2ccccc2)c1C. The third-order valence-electron chi connectivity index (χ3n) is 8.09. The molecule has 0 aliphatic carbocycles. The zero-order chi connectivity index (χ0) is 33.9. The van der Waals surface area contributed by atoms with Gasteiger partial charge in [-0.15, -0.1) is 13.2 Å². The van der Waals surface area contributed by atoms with Crippen molar-refractivity contribution in [1.82, 2.24) is 0 Å². The van der Waals surface area contributed by atoms with E-state index in [1.54, 1.807) is 42.5 Å². The molecular formula is C38H47O7P. The van der Waals surface area contributed by atoms with Gasteiger partial charge in [-0.05, 0) is 86.1 Å². The summed E-state index contributed by atoms with van der Waals surface area (Å²) in [6, 6.07) is 12.2. The van der Waals surface area contributed by atoms with Gasteiger partial charge in [0.1, 0.15) is 0 Å². The molecule has 3 rings (SSSR count). The molecule has 0 aliphatic heterocycles. The first-order chi connectivity index (χ1) is 22.0. The van der Waals surface area contributed by atoms with Crippen LogP contribution < -0.4 is 5.30 Å². The molecule has 0 heterocycles. The molecule has 3 aromatic carbocycles. The number of hydrogen-bond donors (Lipinski definition) is 0. The van der Waals surface area contributed by atoms with Crippen molar-refractivity contribution >= 4 is 23.5 Å². The van der Waals surface area contributed by atoms with Crippen LogP contribution >= 0.6 is 7.14 Å². The van der Waals surface area contributed by atoms with Gasteiger partial charge in [-0.1, -0.05) is 54.6 Å². The lowest BCUT2D eigenvalue weighted by Crippen LogP contribution is -2.24. The lowest BCUT2D eigenvalue weighted by molar-refractivity contribution is 0.0500. The topological polar surface area (TPSA) is 88.1 Å². The highest BCUT2D eigenvalue weighted by Gasteiger charge is 2.45. The predicted molar refractivity (Wildman–Crippen MR) is 185 cm³/mol. The number of hydrogen-bond acceptors (Lipinski definition) is 7. The molecule has 0 amide bonds. The van der Waals surface area contributed by atoms with Crippen molar-refractivity contribution in [1.29, 1.82) is 0 Å². The Morgan fingerprint density at radius 2 is 1.02 bits per heavy atom. The molecule has 0 saturated heterocycles. The van der Waals surface area contributed by atoms with Gasteiger partial charge < -0.3 is 23.5 Å². The maximum absolute atomic E-state index is 15.3. The Morgan fingerprint density at radius 3 is 1.41 bits per heavy atom. The Morgan fingerprint density at radius 1 is 0.630 bits per heavy atom. The summed E-state index contributed by atoms with van der Waals surface area (Å²) in [5.74, 6) is 0. The van der Waals surface area contributed by atoms with E-state index >= 15 is 4.57 Å². The number of ether oxygens (including phenoxy) is 4. The van der Waals surface area contributed by atoms with Crippen molar-refractivity contribution in [3.63, 3.8) is 0 Å². The fourth-order valence-corrected chi connectivity index (χ4v) is 8.32. The number of aryl methyl sites for hydroxylation is 4. The van der Waals surface area contributed by atoms with Crippen molar-refractivity contribution in [2.24, 2.45) is 0 Å². The van der Waals surface area contributed by atoms with Crippen LogP contribution in [0.15, 0.2) is 67.8 Å². The third kappa shape index (κ3) is 8.47. The average Bonchev–Trinajstić information content (AvgIpc) is 3.02. The Bertz CT molecular complexity index is 1510. The maximum atomic E-state index is 15.3. The summed E-state index contributed by atoms with van der Waals surface area (Å²) in [7, 11) is -4.38. The first kappa shape index (κ1) is 37.0. The summed E-state index contributed by atoms with van der Waals surface area (Å²) >= 11 is 0. The van der Waals surface area contributed by atoms with E-state index in [0.29, 0.717) is 61.9 Å². The summed E-state index contributed by atoms with van der Waals surface area (Å²) in [5, 5.41) is 0.207. The number of carbonyl (C=O) groups is 2. The molecule has 0 unspecified atom stereocenters. The van der Waals surface area contributed by atoms with Gasteiger partial charge in [-0.3, -0.25) is 9.59 Å². The van der Waals surface area contributed by atoms with Gasteiger partial charge in [0.05, 0.1) is 52.9 Å². The molecule has 0 bridgehead atoms. The molecule has 0 atom stereocenters. The Kier molecular flexibility index (Phi) is 14.1. The van der Waals surface area contributed by atoms with E-state index in [4.69, 9.17) is 18.9 Å². The summed E-state index contributed by atoms with van der Waals surface area (Å²) in [4.78, 5) is 29.4. The van der Waals surface area contributed by atoms with Gasteiger partial charge in [0, 0.05) is 16.4 Å². The number of rotatable bonds is 19. The molecule has 0 fully saturated rings. The highest BCUT2D eigenvalue weighted by Crippen LogP contribution is 2.53. The number of benzene rings is 3. The zero-order valence-corrected chi connectivity index (χ0v) is 29.0. The van der Waals surface area contributed by atoms with Gasteiger partial charge in [0.15, 0.2) is 0 Å². The first-order valence-corrected chi connectivity index (χ1v) is 17.2. The second kappa shape index (κ2) is 17.5. The van der Waals surface area contributed by atoms with E-state index in [2.05, 4.69) is 13.2 Å². The average molecular weight is 647 g/mol. The van der Waals surface area contributed by atoms with Crippen LogP contribution in [-0.4, -0.2) is 50.7 Å². The molecule has 246 valence electrons. The van der Waals surface area contributed by atoms with Crippen LogP contribution in [0.25, 0.3) is 0 Å². The van der Waals surface area contributed by atoms with E-state index in [-0.39, 0.29) is 29.6 Å². The van der Waals surface area contributed by atoms with E-state index < -0.39 is 18.2 Å². The summed E-state index contributed by atoms with van der Waals surface area (Å²) in [5.41, 5.74) is 5.40. The zero-order valence-electron chi connectivity index (χ0n) is 28.1. The van der Waals surface area contributed by atoms with Crippen molar-refractivity contribution < 1.29 is 33.1 Å². The van der Waals surface area contributed by atoms with Crippen LogP contribution in [0.3, 0.4) is 0 Å². The molecule has 46 heavy (non-hydrogen) atoms. The van der Waals surface area contributed by atoms with Crippen molar-refractivity contribution in [3.05, 3.63) is 123 Å². The summed E-state index contributed by atoms with van der Waals surface area (Å²) in [6.07, 6.45) is 3.35. The predicted octanol–water partition coefficient (Wildman–Crippen LogP) is 7.64. The highest BCUT2D eigenvalue weighted by molar-refractivity contribution is 8.01. The third-order valence-corrected chi connectivity index (χ3v) is 10.7. The first-order valence-electron chi connectivity index (χ1n) is 15.5. The van der Waals surface area contributed by atoms with Gasteiger partial charge in [0.2, 0.25) is 18.2 Å². The van der Waals surface area contributed by atoms with Crippen molar-refractivity contribution in [3.8, 4) is 0 Å². The van der Waals surface area contributed by atoms with Gasteiger partial charge in [-0.2, -0.15) is 0 Å². The minimum absolute atomic E-state index is 0.207. The van der Waals surface area contributed by atoms with Crippen LogP contribution in [0.4, 0.5) is 0 Å². The highest BCUT2D eigenvalue weighted by atomic mass is 31.2. The minimum Gasteiger partial charge on any atom is -0.375 e. The second-order valence-electron chi connectivity index (χ2n) is 11.4. The lowest BCUT2D eigenvalue weighted by Gasteiger charge is -2.24. The van der Waals surface area contributed by atoms with E-state index in [9.17, 15) is 9.59 Å². The molecule has 0 saturated carbocycles. The quantitative estimate of drug-likeness (QED) is 0.0751. The Balaban J connectivity index is 2.08. The molecule has 7 nitrogen and oxygen atoms in total. The Labute approximate surface area is 274 Å². The lowest BCUT2D eigenvalue weighted by atomic mass is 9.94. The maximum Gasteiger partial charge on any atom is 0.248 e. The van der Waals surface area contributed by atoms with Gasteiger partial charge >= 0.3 is 0 Å². The molecule has 0 radical (unpaired) electrons. The fourth-order valence-electron chi connectivity index (χ4n) is 5.75. The molecule has 8 heteroatoms. The number of carbonyl (C=O) groups excluding carboxylic acids is 2. The molecule has 0 aliphatic rings. The van der Waals surface area contributed by atoms with Crippen LogP contribution in [0, 0.1) is 41.5 Å². The molecule has 0 N–H and O–H groups in total. The van der Waals surface area contributed by atoms with Crippen LogP contribution in [0.2, 0.25) is 0 Å². The Hall–Kier alpha value is -3.45. The van der Waals surface area contributed by atoms with Crippen LogP contribution in [-0.2, 0) is 36.7 Å². The molecule has 3 aromatic rings. The monoisotopic (exact) mass is 646 g/mol. The standard InChI is InChI=1S/C38H47O7P/c1-9-16-42-18-20-44-24-33-26(3)22-28(5)35(30(33)7)37(39)46(41,32-14-12-11-13-15-32)38(40)36-29(6)23-27(4)34(31(36)8)25-45-21-19-43-17-10-2/h9-15,22-23H,1-2,16-21,24-25H2,3-8H3. The smallest absolute Gasteiger partial charge is 0.248 e. The summed E-state index contributed by atoms with van der Waals surface area (Å²) in [6.45, 7) is 21.4. The summed E-state index contributed by atoms with van der Waals surface area (Å²) < 4.78 is 37.9. The van der Waals surface area contributed by atoms with Crippen LogP contribution in [0.1, 0.15) is 65.2 Å². The van der Waals surface area contributed by atoms with Crippen molar-refractivity contribution in [2.75, 3.05) is 39.6 Å². The van der Waals surface area contributed by atoms with Gasteiger partial charge in [-0.25, -0.2) is 0 Å². The molecule has 0 aromatic heterocycles. The van der Waals surface area contributed by atoms with E-state index in [1.165, 1.54) is 0 Å². The largest absolute Gasteiger partial charge is 0.375 e. The van der Waals surface area contributed by atoms with E-state index in [0.717, 1.165) is 22.3 Å². The molecule has 0 spiro atoms. The van der Waals surface area contributed by atoms with Crippen LogP contribution in [0.5, 0.6) is 0 Å².